The summed E-state index contributed by atoms with van der Waals surface area (Å²) in [4.78, 5) is 10.9. The van der Waals surface area contributed by atoms with Crippen molar-refractivity contribution < 1.29 is 23.1 Å². The van der Waals surface area contributed by atoms with Crippen molar-refractivity contribution in [3.63, 3.8) is 0 Å². The maximum Gasteiger partial charge on any atom is 0.417 e. The van der Waals surface area contributed by atoms with E-state index in [9.17, 15) is 18.0 Å². The van der Waals surface area contributed by atoms with Crippen LogP contribution < -0.4 is 5.32 Å². The molecule has 0 atom stereocenters. The molecule has 0 heterocycles. The highest BCUT2D eigenvalue weighted by atomic mass is 19.4. The third-order valence-corrected chi connectivity index (χ3v) is 3.62. The summed E-state index contributed by atoms with van der Waals surface area (Å²) in [5.74, 6) is -1.14. The fraction of sp³-hybridized carbons (Fsp3) is 0.500. The summed E-state index contributed by atoms with van der Waals surface area (Å²) in [6, 6.07) is 3.24. The normalized spacial score (nSPS) is 16.1. The van der Waals surface area contributed by atoms with Crippen LogP contribution in [0, 0.1) is 5.92 Å². The highest BCUT2D eigenvalue weighted by Gasteiger charge is 2.39. The van der Waals surface area contributed by atoms with E-state index in [1.54, 1.807) is 0 Å². The lowest BCUT2D eigenvalue weighted by molar-refractivity contribution is -0.138. The average Bonchev–Trinajstić information content (AvgIpc) is 3.10. The van der Waals surface area contributed by atoms with Crippen LogP contribution in [0.5, 0.6) is 0 Å². The van der Waals surface area contributed by atoms with Gasteiger partial charge in [0.25, 0.3) is 0 Å². The van der Waals surface area contributed by atoms with Crippen LogP contribution >= 0.6 is 0 Å². The fourth-order valence-corrected chi connectivity index (χ4v) is 2.32. The Balaban J connectivity index is 2.34. The van der Waals surface area contributed by atoms with Gasteiger partial charge in [-0.05, 0) is 50.8 Å². The minimum atomic E-state index is -4.69. The van der Waals surface area contributed by atoms with Gasteiger partial charge in [0.05, 0.1) is 11.1 Å². The predicted octanol–water partition coefficient (Wildman–Crippen LogP) is 4.00. The molecule has 0 unspecified atom stereocenters. The molecular formula is C14H16F3NO2. The molecule has 0 amide bonds. The van der Waals surface area contributed by atoms with Crippen molar-refractivity contribution >= 4 is 11.7 Å². The van der Waals surface area contributed by atoms with E-state index < -0.39 is 23.3 Å². The zero-order chi connectivity index (χ0) is 15.1. The number of carbonyl (C=O) groups is 1. The Kier molecular flexibility index (Phi) is 3.44. The first-order valence-electron chi connectivity index (χ1n) is 6.34. The van der Waals surface area contributed by atoms with E-state index in [4.69, 9.17) is 5.11 Å². The van der Waals surface area contributed by atoms with Gasteiger partial charge in [0, 0.05) is 11.2 Å². The second-order valence-electron chi connectivity index (χ2n) is 5.68. The molecule has 0 spiro atoms. The molecule has 2 rings (SSSR count). The van der Waals surface area contributed by atoms with E-state index in [-0.39, 0.29) is 5.54 Å². The Labute approximate surface area is 114 Å². The first-order valence-corrected chi connectivity index (χ1v) is 6.34. The molecule has 1 aromatic carbocycles. The fourth-order valence-electron chi connectivity index (χ4n) is 2.32. The monoisotopic (exact) mass is 287 g/mol. The van der Waals surface area contributed by atoms with E-state index in [0.29, 0.717) is 11.6 Å². The van der Waals surface area contributed by atoms with E-state index in [1.165, 1.54) is 6.07 Å². The largest absolute Gasteiger partial charge is 0.478 e. The maximum atomic E-state index is 12.9. The number of nitrogens with one attached hydrogen (secondary N) is 1. The molecule has 0 aliphatic heterocycles. The van der Waals surface area contributed by atoms with Crippen LogP contribution in [0.25, 0.3) is 0 Å². The summed E-state index contributed by atoms with van der Waals surface area (Å²) in [5, 5.41) is 11.9. The summed E-state index contributed by atoms with van der Waals surface area (Å²) in [5.41, 5.74) is -1.86. The van der Waals surface area contributed by atoms with Gasteiger partial charge in [-0.25, -0.2) is 4.79 Å². The number of rotatable bonds is 4. The van der Waals surface area contributed by atoms with Crippen LogP contribution in [0.1, 0.15) is 42.6 Å². The van der Waals surface area contributed by atoms with Gasteiger partial charge in [0.15, 0.2) is 0 Å². The van der Waals surface area contributed by atoms with E-state index in [2.05, 4.69) is 5.32 Å². The molecule has 110 valence electrons. The Hall–Kier alpha value is -1.72. The molecule has 1 aromatic rings. The number of benzene rings is 1. The minimum Gasteiger partial charge on any atom is -0.478 e. The Morgan fingerprint density at radius 1 is 1.30 bits per heavy atom. The molecule has 0 bridgehead atoms. The molecule has 6 heteroatoms. The molecule has 1 saturated carbocycles. The predicted molar refractivity (Wildman–Crippen MR) is 68.8 cm³/mol. The summed E-state index contributed by atoms with van der Waals surface area (Å²) in [6.45, 7) is 3.87. The minimum absolute atomic E-state index is 0.291. The number of hydrogen-bond acceptors (Lipinski definition) is 2. The standard InChI is InChI=1S/C14H16F3NO2/c1-13(2,8-3-4-8)18-9-5-6-10(12(19)20)11(7-9)14(15,16)17/h5-8,18H,3-4H2,1-2H3,(H,19,20). The number of halogens is 3. The van der Waals surface area contributed by atoms with Crippen LogP contribution in [-0.2, 0) is 6.18 Å². The van der Waals surface area contributed by atoms with Crippen molar-refractivity contribution in [3.8, 4) is 0 Å². The number of carboxylic acids is 1. The van der Waals surface area contributed by atoms with Crippen LogP contribution in [-0.4, -0.2) is 16.6 Å². The van der Waals surface area contributed by atoms with Crippen molar-refractivity contribution in [3.05, 3.63) is 29.3 Å². The molecule has 0 radical (unpaired) electrons. The van der Waals surface area contributed by atoms with Crippen molar-refractivity contribution in [2.75, 3.05) is 5.32 Å². The first-order chi connectivity index (χ1) is 9.11. The van der Waals surface area contributed by atoms with Crippen LogP contribution in [0.15, 0.2) is 18.2 Å². The van der Waals surface area contributed by atoms with Gasteiger partial charge in [0.1, 0.15) is 0 Å². The maximum absolute atomic E-state index is 12.9. The summed E-state index contributed by atoms with van der Waals surface area (Å²) < 4.78 is 38.7. The number of carboxylic acid groups (broad SMARTS) is 1. The van der Waals surface area contributed by atoms with Crippen molar-refractivity contribution in [1.82, 2.24) is 0 Å². The lowest BCUT2D eigenvalue weighted by atomic mass is 9.97. The Morgan fingerprint density at radius 2 is 1.90 bits per heavy atom. The van der Waals surface area contributed by atoms with Crippen LogP contribution in [0.4, 0.5) is 18.9 Å². The zero-order valence-electron chi connectivity index (χ0n) is 11.2. The third-order valence-electron chi connectivity index (χ3n) is 3.62. The topological polar surface area (TPSA) is 49.3 Å². The molecule has 1 aliphatic carbocycles. The summed E-state index contributed by atoms with van der Waals surface area (Å²) in [7, 11) is 0. The Bertz CT molecular complexity index is 534. The molecule has 0 aromatic heterocycles. The molecule has 1 fully saturated rings. The number of hydrogen-bond donors (Lipinski definition) is 2. The highest BCUT2D eigenvalue weighted by Crippen LogP contribution is 2.42. The average molecular weight is 287 g/mol. The van der Waals surface area contributed by atoms with Gasteiger partial charge in [-0.3, -0.25) is 0 Å². The molecule has 0 saturated heterocycles. The van der Waals surface area contributed by atoms with E-state index in [0.717, 1.165) is 25.0 Å². The van der Waals surface area contributed by atoms with Gasteiger partial charge < -0.3 is 10.4 Å². The van der Waals surface area contributed by atoms with Crippen LogP contribution in [0.3, 0.4) is 0 Å². The molecule has 20 heavy (non-hydrogen) atoms. The SMILES string of the molecule is CC(C)(Nc1ccc(C(=O)O)c(C(F)(F)F)c1)C1CC1. The van der Waals surface area contributed by atoms with Crippen LogP contribution in [0.2, 0.25) is 0 Å². The lowest BCUT2D eigenvalue weighted by Crippen LogP contribution is -2.33. The summed E-state index contributed by atoms with van der Waals surface area (Å²) in [6.07, 6.45) is -2.58. The molecule has 2 N–H and O–H groups in total. The highest BCUT2D eigenvalue weighted by molar-refractivity contribution is 5.90. The number of alkyl halides is 3. The van der Waals surface area contributed by atoms with Gasteiger partial charge >= 0.3 is 12.1 Å². The van der Waals surface area contributed by atoms with Gasteiger partial charge in [0.2, 0.25) is 0 Å². The smallest absolute Gasteiger partial charge is 0.417 e. The third kappa shape index (κ3) is 3.05. The van der Waals surface area contributed by atoms with Gasteiger partial charge in [-0.2, -0.15) is 13.2 Å². The van der Waals surface area contributed by atoms with Gasteiger partial charge in [-0.15, -0.1) is 0 Å². The van der Waals surface area contributed by atoms with Crippen molar-refractivity contribution in [2.24, 2.45) is 5.92 Å². The van der Waals surface area contributed by atoms with Gasteiger partial charge in [-0.1, -0.05) is 0 Å². The van der Waals surface area contributed by atoms with Crippen molar-refractivity contribution in [1.29, 1.82) is 0 Å². The van der Waals surface area contributed by atoms with E-state index >= 15 is 0 Å². The number of anilines is 1. The molecule has 3 nitrogen and oxygen atoms in total. The second-order valence-corrected chi connectivity index (χ2v) is 5.68. The molecular weight excluding hydrogens is 271 g/mol. The zero-order valence-corrected chi connectivity index (χ0v) is 11.2. The molecule has 1 aliphatic rings. The number of aromatic carboxylic acids is 1. The second kappa shape index (κ2) is 4.68. The quantitative estimate of drug-likeness (QED) is 0.879. The first kappa shape index (κ1) is 14.7. The Morgan fingerprint density at radius 3 is 2.35 bits per heavy atom. The van der Waals surface area contributed by atoms with Crippen molar-refractivity contribution in [2.45, 2.75) is 38.4 Å². The summed E-state index contributed by atoms with van der Waals surface area (Å²) >= 11 is 0. The lowest BCUT2D eigenvalue weighted by Gasteiger charge is -2.28. The van der Waals surface area contributed by atoms with E-state index in [1.807, 2.05) is 13.8 Å².